The number of nitrogens with zero attached hydrogens (tertiary/aromatic N) is 6. The summed E-state index contributed by atoms with van der Waals surface area (Å²) in [4.78, 5) is 21.7. The molecule has 0 radical (unpaired) electrons. The Morgan fingerprint density at radius 2 is 1.68 bits per heavy atom. The number of nitrogens with one attached hydrogen (secondary N) is 2. The number of pyridine rings is 1. The van der Waals surface area contributed by atoms with Crippen molar-refractivity contribution in [1.29, 1.82) is 0 Å². The van der Waals surface area contributed by atoms with Crippen LogP contribution >= 0.6 is 23.9 Å². The molecule has 2 saturated heterocycles. The molecule has 2 aromatic carbocycles. The maximum absolute atomic E-state index is 5.87. The van der Waals surface area contributed by atoms with Gasteiger partial charge in [-0.25, -0.2) is 4.98 Å². The number of anilines is 5. The maximum atomic E-state index is 5.87. The van der Waals surface area contributed by atoms with Crippen molar-refractivity contribution in [3.8, 4) is 5.75 Å². The highest BCUT2D eigenvalue weighted by molar-refractivity contribution is 9.10. The highest BCUT2D eigenvalue weighted by Gasteiger charge is 2.28. The molecule has 2 aliphatic rings. The van der Waals surface area contributed by atoms with Crippen LogP contribution in [0.4, 0.5) is 28.8 Å². The number of aryl methyl sites for hydroxylation is 1. The van der Waals surface area contributed by atoms with Gasteiger partial charge in [0.15, 0.2) is 0 Å². The van der Waals surface area contributed by atoms with E-state index < -0.39 is 7.92 Å². The quantitative estimate of drug-likeness (QED) is 0.213. The van der Waals surface area contributed by atoms with E-state index in [-0.39, 0.29) is 0 Å². The highest BCUT2D eigenvalue weighted by Crippen LogP contribution is 2.37. The molecule has 44 heavy (non-hydrogen) atoms. The Morgan fingerprint density at radius 3 is 2.41 bits per heavy atom. The SMILES string of the molecule is COc1cc(N2CCC(N3CCN(C)CC3)CC2)c(C)cc1Nc1ncc(Br)c(Nc2cnc3ccccc3c2P(C)C)n1. The number of methoxy groups -OCH3 is 1. The van der Waals surface area contributed by atoms with E-state index in [0.717, 1.165) is 40.2 Å². The first-order chi connectivity index (χ1) is 21.3. The average molecular weight is 678 g/mol. The van der Waals surface area contributed by atoms with Gasteiger partial charge < -0.3 is 25.2 Å². The van der Waals surface area contributed by atoms with Crippen molar-refractivity contribution in [3.05, 3.63) is 58.8 Å². The smallest absolute Gasteiger partial charge is 0.229 e. The second kappa shape index (κ2) is 13.5. The summed E-state index contributed by atoms with van der Waals surface area (Å²) >= 11 is 3.64. The molecular formula is C33H42BrN8OP. The lowest BCUT2D eigenvalue weighted by atomic mass is 10.0. The van der Waals surface area contributed by atoms with Crippen LogP contribution < -0.4 is 25.6 Å². The summed E-state index contributed by atoms with van der Waals surface area (Å²) in [6.07, 6.45) is 6.06. The van der Waals surface area contributed by atoms with Crippen LogP contribution in [0.5, 0.6) is 5.75 Å². The number of likely N-dealkylation sites (N-methyl/N-ethyl adjacent to an activating group) is 1. The van der Waals surface area contributed by atoms with E-state index in [9.17, 15) is 0 Å². The number of hydrogen-bond donors (Lipinski definition) is 2. The number of aromatic nitrogens is 3. The molecule has 0 aliphatic carbocycles. The minimum atomic E-state index is -0.398. The number of rotatable bonds is 8. The predicted octanol–water partition coefficient (Wildman–Crippen LogP) is 6.17. The van der Waals surface area contributed by atoms with Gasteiger partial charge in [0.1, 0.15) is 11.6 Å². The molecule has 232 valence electrons. The van der Waals surface area contributed by atoms with Crippen molar-refractivity contribution >= 4 is 68.9 Å². The Hall–Kier alpha value is -3.04. The van der Waals surface area contributed by atoms with Gasteiger partial charge in [0, 0.05) is 74.0 Å². The van der Waals surface area contributed by atoms with Crippen molar-refractivity contribution in [2.75, 3.05) is 82.3 Å². The standard InChI is InChI=1S/C33H42BrN8OP/c1-22-18-27(30(43-3)19-29(22)42-12-10-23(11-13-42)41-16-14-40(2)15-17-41)38-33-36-20-25(34)32(39-33)37-28-21-35-26-9-7-6-8-24(26)31(28)44(4)5/h6-9,18-21,23H,10-17H2,1-5H3,(H2,36,37,38,39). The summed E-state index contributed by atoms with van der Waals surface area (Å²) in [5, 5.41) is 9.39. The average Bonchev–Trinajstić information content (AvgIpc) is 3.03. The van der Waals surface area contributed by atoms with Gasteiger partial charge in [0.05, 0.1) is 34.7 Å². The monoisotopic (exact) mass is 676 g/mol. The zero-order valence-corrected chi connectivity index (χ0v) is 28.8. The third kappa shape index (κ3) is 6.64. The Bertz CT molecular complexity index is 1620. The third-order valence-electron chi connectivity index (χ3n) is 8.82. The Kier molecular flexibility index (Phi) is 9.52. The molecule has 0 spiro atoms. The van der Waals surface area contributed by atoms with Crippen LogP contribution in [-0.4, -0.2) is 97.5 Å². The van der Waals surface area contributed by atoms with Gasteiger partial charge in [-0.2, -0.15) is 4.98 Å². The summed E-state index contributed by atoms with van der Waals surface area (Å²) < 4.78 is 6.65. The summed E-state index contributed by atoms with van der Waals surface area (Å²) in [5.74, 6) is 1.93. The van der Waals surface area contributed by atoms with E-state index in [1.54, 1.807) is 13.3 Å². The van der Waals surface area contributed by atoms with Crippen molar-refractivity contribution in [1.82, 2.24) is 24.8 Å². The fourth-order valence-electron chi connectivity index (χ4n) is 6.41. The maximum Gasteiger partial charge on any atom is 0.229 e. The first-order valence-corrected chi connectivity index (χ1v) is 18.3. The van der Waals surface area contributed by atoms with Crippen molar-refractivity contribution in [2.45, 2.75) is 25.8 Å². The number of benzene rings is 2. The fraction of sp³-hybridized carbons (Fsp3) is 0.424. The van der Waals surface area contributed by atoms with Gasteiger partial charge in [-0.15, -0.1) is 0 Å². The molecule has 0 atom stereocenters. The molecule has 4 heterocycles. The van der Waals surface area contributed by atoms with Crippen molar-refractivity contribution in [2.24, 2.45) is 0 Å². The predicted molar refractivity (Wildman–Crippen MR) is 188 cm³/mol. The molecule has 11 heteroatoms. The number of hydrogen-bond acceptors (Lipinski definition) is 9. The fourth-order valence-corrected chi connectivity index (χ4v) is 7.96. The van der Waals surface area contributed by atoms with E-state index in [1.807, 2.05) is 12.3 Å². The zero-order chi connectivity index (χ0) is 30.8. The molecule has 0 unspecified atom stereocenters. The largest absolute Gasteiger partial charge is 0.494 e. The van der Waals surface area contributed by atoms with Crippen LogP contribution in [0.25, 0.3) is 10.9 Å². The van der Waals surface area contributed by atoms with Crippen LogP contribution in [0.1, 0.15) is 18.4 Å². The molecule has 2 aliphatic heterocycles. The number of para-hydroxylation sites is 1. The van der Waals surface area contributed by atoms with Crippen molar-refractivity contribution in [3.63, 3.8) is 0 Å². The minimum absolute atomic E-state index is 0.398. The lowest BCUT2D eigenvalue weighted by molar-refractivity contribution is 0.0982. The molecule has 4 aromatic rings. The zero-order valence-electron chi connectivity index (χ0n) is 26.3. The molecule has 0 bridgehead atoms. The van der Waals surface area contributed by atoms with Gasteiger partial charge in [-0.05, 0) is 73.8 Å². The molecule has 2 aromatic heterocycles. The first kappa shape index (κ1) is 31.0. The first-order valence-electron chi connectivity index (χ1n) is 15.3. The van der Waals surface area contributed by atoms with Crippen molar-refractivity contribution < 1.29 is 4.74 Å². The third-order valence-corrected chi connectivity index (χ3v) is 10.8. The summed E-state index contributed by atoms with van der Waals surface area (Å²) in [5.41, 5.74) is 5.23. The van der Waals surface area contributed by atoms with E-state index in [4.69, 9.17) is 14.7 Å². The number of piperazine rings is 1. The van der Waals surface area contributed by atoms with E-state index in [0.29, 0.717) is 17.8 Å². The lowest BCUT2D eigenvalue weighted by Crippen LogP contribution is -2.52. The van der Waals surface area contributed by atoms with Crippen LogP contribution in [-0.2, 0) is 0 Å². The molecule has 0 saturated carbocycles. The number of fused-ring (bicyclic) bond motifs is 1. The Morgan fingerprint density at radius 1 is 0.932 bits per heavy atom. The molecule has 2 fully saturated rings. The normalized spacial score (nSPS) is 16.9. The van der Waals surface area contributed by atoms with Crippen LogP contribution in [0.3, 0.4) is 0 Å². The van der Waals surface area contributed by atoms with Gasteiger partial charge in [-0.1, -0.05) is 26.1 Å². The molecular weight excluding hydrogens is 635 g/mol. The number of ether oxygens (including phenoxy) is 1. The molecule has 0 amide bonds. The van der Waals surface area contributed by atoms with E-state index in [1.165, 1.54) is 61.0 Å². The lowest BCUT2D eigenvalue weighted by Gasteiger charge is -2.43. The van der Waals surface area contributed by atoms with Gasteiger partial charge in [-0.3, -0.25) is 9.88 Å². The van der Waals surface area contributed by atoms with Gasteiger partial charge >= 0.3 is 0 Å². The Labute approximate surface area is 270 Å². The van der Waals surface area contributed by atoms with Crippen LogP contribution in [0.2, 0.25) is 0 Å². The molecule has 6 rings (SSSR count). The van der Waals surface area contributed by atoms with Gasteiger partial charge in [0.2, 0.25) is 5.95 Å². The van der Waals surface area contributed by atoms with Crippen LogP contribution in [0, 0.1) is 6.92 Å². The topological polar surface area (TPSA) is 81.7 Å². The Balaban J connectivity index is 1.19. The number of piperidine rings is 1. The highest BCUT2D eigenvalue weighted by atomic mass is 79.9. The van der Waals surface area contributed by atoms with E-state index >= 15 is 0 Å². The number of halogens is 1. The second-order valence-corrected chi connectivity index (χ2v) is 15.1. The second-order valence-electron chi connectivity index (χ2n) is 12.0. The summed E-state index contributed by atoms with van der Waals surface area (Å²) in [6, 6.07) is 13.3. The van der Waals surface area contributed by atoms with Gasteiger partial charge in [0.25, 0.3) is 0 Å². The molecule has 9 nitrogen and oxygen atoms in total. The van der Waals surface area contributed by atoms with E-state index in [2.05, 4.69) is 104 Å². The van der Waals surface area contributed by atoms with Crippen LogP contribution in [0.15, 0.2) is 53.3 Å². The summed E-state index contributed by atoms with van der Waals surface area (Å²) in [7, 11) is 3.54. The molecule has 2 N–H and O–H groups in total. The minimum Gasteiger partial charge on any atom is -0.494 e. The summed E-state index contributed by atoms with van der Waals surface area (Å²) in [6.45, 7) is 13.5.